The van der Waals surface area contributed by atoms with Gasteiger partial charge in [0.15, 0.2) is 11.5 Å². The van der Waals surface area contributed by atoms with Gasteiger partial charge in [-0.25, -0.2) is 9.37 Å². The second-order valence-corrected chi connectivity index (χ2v) is 6.33. The number of rotatable bonds is 5. The van der Waals surface area contributed by atoms with E-state index in [4.69, 9.17) is 14.7 Å². The summed E-state index contributed by atoms with van der Waals surface area (Å²) in [6, 6.07) is 13.5. The molecule has 1 aliphatic rings. The predicted molar refractivity (Wildman–Crippen MR) is 103 cm³/mol. The second-order valence-electron chi connectivity index (χ2n) is 6.33. The molecule has 0 radical (unpaired) electrons. The van der Waals surface area contributed by atoms with E-state index in [9.17, 15) is 13.6 Å². The summed E-state index contributed by atoms with van der Waals surface area (Å²) < 4.78 is 36.6. The van der Waals surface area contributed by atoms with Crippen LogP contribution >= 0.6 is 0 Å². The Morgan fingerprint density at radius 1 is 1.13 bits per heavy atom. The van der Waals surface area contributed by atoms with Crippen LogP contribution in [0.5, 0.6) is 11.5 Å². The minimum absolute atomic E-state index is 0.0746. The van der Waals surface area contributed by atoms with Gasteiger partial charge in [-0.2, -0.15) is 9.65 Å². The van der Waals surface area contributed by atoms with Crippen molar-refractivity contribution in [1.29, 1.82) is 5.26 Å². The maximum Gasteiger partial charge on any atom is 0.397 e. The Morgan fingerprint density at radius 2 is 1.97 bits per heavy atom. The van der Waals surface area contributed by atoms with Crippen LogP contribution in [0.4, 0.5) is 20.2 Å². The Balaban J connectivity index is 1.52. The highest BCUT2D eigenvalue weighted by Crippen LogP contribution is 2.37. The Morgan fingerprint density at radius 3 is 2.80 bits per heavy atom. The molecular weight excluding hydrogens is 394 g/mol. The van der Waals surface area contributed by atoms with Crippen molar-refractivity contribution in [2.24, 2.45) is 0 Å². The van der Waals surface area contributed by atoms with Crippen molar-refractivity contribution in [3.8, 4) is 17.6 Å². The summed E-state index contributed by atoms with van der Waals surface area (Å²) in [6.45, 7) is -1.59. The van der Waals surface area contributed by atoms with Crippen molar-refractivity contribution >= 4 is 17.3 Å². The molecule has 30 heavy (non-hydrogen) atoms. The first kappa shape index (κ1) is 19.1. The summed E-state index contributed by atoms with van der Waals surface area (Å²) in [5.41, 5.74) is 1.84. The number of aromatic nitrogens is 1. The van der Waals surface area contributed by atoms with Crippen molar-refractivity contribution in [2.45, 2.75) is 13.1 Å². The van der Waals surface area contributed by atoms with Crippen LogP contribution in [0.25, 0.3) is 0 Å². The van der Waals surface area contributed by atoms with Gasteiger partial charge in [0.05, 0.1) is 5.56 Å². The van der Waals surface area contributed by atoms with Crippen LogP contribution < -0.4 is 20.1 Å². The van der Waals surface area contributed by atoms with E-state index in [-0.39, 0.29) is 22.8 Å². The number of halogens is 2. The van der Waals surface area contributed by atoms with E-state index < -0.39 is 18.3 Å². The number of hydrogen-bond acceptors (Lipinski definition) is 6. The van der Waals surface area contributed by atoms with Gasteiger partial charge >= 0.3 is 6.54 Å². The number of benzene rings is 2. The minimum Gasteiger partial charge on any atom is -0.425 e. The van der Waals surface area contributed by atoms with Crippen LogP contribution in [0, 0.1) is 17.1 Å². The summed E-state index contributed by atoms with van der Waals surface area (Å²) in [5.74, 6) is -0.765. The third-order valence-electron chi connectivity index (χ3n) is 4.29. The lowest BCUT2D eigenvalue weighted by atomic mass is 10.1. The fraction of sp³-hybridized carbons (Fsp3) is 0.0952. The molecule has 1 atom stereocenters. The Bertz CT molecular complexity index is 1160. The number of pyridine rings is 1. The van der Waals surface area contributed by atoms with Gasteiger partial charge in [0.1, 0.15) is 17.6 Å². The molecule has 3 aromatic rings. The van der Waals surface area contributed by atoms with E-state index in [1.807, 2.05) is 6.07 Å². The van der Waals surface area contributed by atoms with Crippen molar-refractivity contribution in [3.63, 3.8) is 0 Å². The van der Waals surface area contributed by atoms with Gasteiger partial charge in [-0.15, -0.1) is 0 Å². The molecule has 2 heterocycles. The van der Waals surface area contributed by atoms with E-state index in [1.54, 1.807) is 12.1 Å². The number of ether oxygens (including phenoxy) is 2. The summed E-state index contributed by atoms with van der Waals surface area (Å²) >= 11 is 0. The third kappa shape index (κ3) is 4.12. The molecule has 0 spiro atoms. The number of fused-ring (bicyclic) bond motifs is 1. The van der Waals surface area contributed by atoms with Gasteiger partial charge in [0.2, 0.25) is 0 Å². The number of carbonyl (C=O) groups is 1. The predicted octanol–water partition coefficient (Wildman–Crippen LogP) is 3.98. The van der Waals surface area contributed by atoms with Gasteiger partial charge in [-0.1, -0.05) is 0 Å². The lowest BCUT2D eigenvalue weighted by Gasteiger charge is -2.13. The van der Waals surface area contributed by atoms with Crippen molar-refractivity contribution < 1.29 is 23.0 Å². The molecule has 0 saturated heterocycles. The van der Waals surface area contributed by atoms with Gasteiger partial charge in [0.25, 0.3) is 5.91 Å². The largest absolute Gasteiger partial charge is 0.425 e. The molecule has 1 amide bonds. The Labute approximate surface area is 169 Å². The zero-order valence-electron chi connectivity index (χ0n) is 15.4. The molecule has 0 aliphatic carbocycles. The van der Waals surface area contributed by atoms with Crippen LogP contribution in [0.2, 0.25) is 0 Å². The first-order chi connectivity index (χ1) is 14.5. The van der Waals surface area contributed by atoms with Gasteiger partial charge in [-0.05, 0) is 48.0 Å². The molecule has 1 aliphatic heterocycles. The SMILES string of the molecule is N#Cc1cc(CNc2ccc(F)cc2C(=O)Nc2ccc3c(c2)OC(F)O3)ccn1. The average Bonchev–Trinajstić information content (AvgIpc) is 3.12. The van der Waals surface area contributed by atoms with Crippen molar-refractivity contribution in [2.75, 3.05) is 10.6 Å². The molecule has 0 bridgehead atoms. The Hall–Kier alpha value is -4.19. The van der Waals surface area contributed by atoms with Crippen molar-refractivity contribution in [1.82, 2.24) is 4.98 Å². The number of alkyl halides is 1. The fourth-order valence-electron chi connectivity index (χ4n) is 2.90. The summed E-state index contributed by atoms with van der Waals surface area (Å²) in [4.78, 5) is 16.6. The van der Waals surface area contributed by atoms with Gasteiger partial charge < -0.3 is 20.1 Å². The maximum absolute atomic E-state index is 13.8. The molecule has 1 unspecified atom stereocenters. The smallest absolute Gasteiger partial charge is 0.397 e. The summed E-state index contributed by atoms with van der Waals surface area (Å²) in [6.07, 6.45) is 1.51. The van der Waals surface area contributed by atoms with Crippen LogP contribution in [0.3, 0.4) is 0 Å². The molecule has 9 heteroatoms. The molecule has 150 valence electrons. The highest BCUT2D eigenvalue weighted by molar-refractivity contribution is 6.08. The maximum atomic E-state index is 13.8. The normalized spacial score (nSPS) is 14.1. The number of nitrogens with one attached hydrogen (secondary N) is 2. The fourth-order valence-corrected chi connectivity index (χ4v) is 2.90. The molecule has 2 aromatic carbocycles. The highest BCUT2D eigenvalue weighted by atomic mass is 19.2. The number of anilines is 2. The number of carbonyl (C=O) groups excluding carboxylic acids is 1. The average molecular weight is 408 g/mol. The second kappa shape index (κ2) is 8.05. The topological polar surface area (TPSA) is 96.3 Å². The van der Waals surface area contributed by atoms with E-state index in [2.05, 4.69) is 15.6 Å². The summed E-state index contributed by atoms with van der Waals surface area (Å²) in [5, 5.41) is 14.6. The number of amides is 1. The lowest BCUT2D eigenvalue weighted by molar-refractivity contribution is -0.0651. The van der Waals surface area contributed by atoms with E-state index in [1.165, 1.54) is 36.5 Å². The van der Waals surface area contributed by atoms with Crippen LogP contribution in [0.1, 0.15) is 21.6 Å². The van der Waals surface area contributed by atoms with Crippen LogP contribution in [-0.4, -0.2) is 17.4 Å². The molecule has 1 aromatic heterocycles. The molecule has 4 rings (SSSR count). The molecular formula is C21H14F2N4O3. The molecule has 7 nitrogen and oxygen atoms in total. The molecule has 0 fully saturated rings. The van der Waals surface area contributed by atoms with Crippen LogP contribution in [0.15, 0.2) is 54.7 Å². The quantitative estimate of drug-likeness (QED) is 0.663. The van der Waals surface area contributed by atoms with Crippen LogP contribution in [-0.2, 0) is 6.54 Å². The zero-order valence-corrected chi connectivity index (χ0v) is 15.4. The van der Waals surface area contributed by atoms with E-state index >= 15 is 0 Å². The van der Waals surface area contributed by atoms with E-state index in [0.717, 1.165) is 11.6 Å². The number of nitrogens with zero attached hydrogens (tertiary/aromatic N) is 2. The van der Waals surface area contributed by atoms with E-state index in [0.29, 0.717) is 17.9 Å². The first-order valence-electron chi connectivity index (χ1n) is 8.83. The summed E-state index contributed by atoms with van der Waals surface area (Å²) in [7, 11) is 0. The van der Waals surface area contributed by atoms with Gasteiger partial charge in [-0.3, -0.25) is 4.79 Å². The van der Waals surface area contributed by atoms with Crippen molar-refractivity contribution in [3.05, 3.63) is 77.4 Å². The zero-order chi connectivity index (χ0) is 21.1. The Kier molecular flexibility index (Phi) is 5.13. The first-order valence-corrected chi connectivity index (χ1v) is 8.83. The van der Waals surface area contributed by atoms with Gasteiger partial charge in [0, 0.05) is 30.2 Å². The number of nitriles is 1. The monoisotopic (exact) mass is 408 g/mol. The molecule has 0 saturated carbocycles. The molecule has 2 N–H and O–H groups in total. The number of hydrogen-bond donors (Lipinski definition) is 2. The minimum atomic E-state index is -1.89. The highest BCUT2D eigenvalue weighted by Gasteiger charge is 2.24. The lowest BCUT2D eigenvalue weighted by Crippen LogP contribution is -2.15. The standard InChI is InChI=1S/C21H14F2N4O3/c22-13-1-3-17(26-11-12-5-6-25-15(7-12)10-24)16(8-13)20(28)27-14-2-4-18-19(9-14)30-21(23)29-18/h1-9,21,26H,11H2,(H,27,28). The third-order valence-corrected chi connectivity index (χ3v) is 4.29.